The minimum absolute atomic E-state index is 0.0396. The third kappa shape index (κ3) is 7.94. The third-order valence-electron chi connectivity index (χ3n) is 9.59. The Hall–Kier alpha value is -5.46. The molecule has 6 rings (SSSR count). The SMILES string of the molecule is [C-]#[N+]c1ccc(N2C(=S)N(c3ccc(N4CCN(C(=O)OC(C)(C)C)CC4)cc3)C3(CCC3)/C2=N\C(=S)Nc2ccc(C#N)c(C(F)(F)F)c2)cc1C(F)(F)F. The van der Waals surface area contributed by atoms with Crippen LogP contribution in [0.5, 0.6) is 0 Å². The van der Waals surface area contributed by atoms with Gasteiger partial charge in [0.1, 0.15) is 17.0 Å². The highest BCUT2D eigenvalue weighted by Gasteiger charge is 2.58. The molecule has 1 spiro atoms. The van der Waals surface area contributed by atoms with Gasteiger partial charge in [0.25, 0.3) is 0 Å². The average Bonchev–Trinajstić information content (AvgIpc) is 3.37. The summed E-state index contributed by atoms with van der Waals surface area (Å²) in [5.41, 5.74) is -3.85. The molecule has 18 heteroatoms. The molecule has 2 heterocycles. The summed E-state index contributed by atoms with van der Waals surface area (Å²) in [6, 6.07) is 15.1. The van der Waals surface area contributed by atoms with Crippen LogP contribution in [0.3, 0.4) is 0 Å². The molecule has 3 aliphatic rings. The number of amides is 1. The Labute approximate surface area is 329 Å². The van der Waals surface area contributed by atoms with E-state index in [1.54, 1.807) is 30.6 Å². The summed E-state index contributed by atoms with van der Waals surface area (Å²) in [6.07, 6.45) is -8.48. The van der Waals surface area contributed by atoms with Crippen LogP contribution in [-0.2, 0) is 17.1 Å². The van der Waals surface area contributed by atoms with E-state index in [0.717, 1.165) is 30.0 Å². The summed E-state index contributed by atoms with van der Waals surface area (Å²) >= 11 is 11.5. The van der Waals surface area contributed by atoms with Gasteiger partial charge in [-0.1, -0.05) is 6.07 Å². The van der Waals surface area contributed by atoms with Crippen LogP contribution in [-0.4, -0.2) is 64.4 Å². The minimum Gasteiger partial charge on any atom is -0.444 e. The lowest BCUT2D eigenvalue weighted by molar-refractivity contribution is -0.138. The number of rotatable bonds is 4. The lowest BCUT2D eigenvalue weighted by Crippen LogP contribution is -2.55. The number of hydrogen-bond donors (Lipinski definition) is 1. The first-order valence-corrected chi connectivity index (χ1v) is 18.1. The number of hydrogen-bond acceptors (Lipinski definition) is 6. The topological polar surface area (TPSA) is 91.8 Å². The molecule has 1 amide bonds. The first kappa shape index (κ1) is 40.2. The van der Waals surface area contributed by atoms with E-state index in [1.807, 2.05) is 24.3 Å². The molecule has 292 valence electrons. The molecule has 3 aromatic rings. The summed E-state index contributed by atoms with van der Waals surface area (Å²) < 4.78 is 89.3. The van der Waals surface area contributed by atoms with Gasteiger partial charge in [-0.15, -0.1) is 0 Å². The number of carbonyl (C=O) groups excluding carboxylic acids is 1. The molecule has 0 bridgehead atoms. The maximum atomic E-state index is 14.2. The number of carbonyl (C=O) groups is 1. The zero-order valence-electron chi connectivity index (χ0n) is 30.3. The summed E-state index contributed by atoms with van der Waals surface area (Å²) in [7, 11) is 0. The Bertz CT molecular complexity index is 2180. The molecule has 1 aliphatic carbocycles. The first-order chi connectivity index (χ1) is 26.3. The highest BCUT2D eigenvalue weighted by molar-refractivity contribution is 7.81. The van der Waals surface area contributed by atoms with Crippen molar-refractivity contribution in [3.05, 3.63) is 88.8 Å². The molecule has 10 nitrogen and oxygen atoms in total. The molecule has 0 radical (unpaired) electrons. The molecule has 3 fully saturated rings. The molecule has 56 heavy (non-hydrogen) atoms. The molecular weight excluding hydrogens is 779 g/mol. The van der Waals surface area contributed by atoms with Crippen molar-refractivity contribution in [2.45, 2.75) is 63.5 Å². The van der Waals surface area contributed by atoms with Crippen LogP contribution < -0.4 is 20.0 Å². The average molecular weight is 813 g/mol. The van der Waals surface area contributed by atoms with Crippen molar-refractivity contribution in [1.29, 1.82) is 5.26 Å². The number of benzene rings is 3. The first-order valence-electron chi connectivity index (χ1n) is 17.3. The van der Waals surface area contributed by atoms with E-state index in [0.29, 0.717) is 51.1 Å². The predicted octanol–water partition coefficient (Wildman–Crippen LogP) is 9.53. The third-order valence-corrected chi connectivity index (χ3v) is 10.2. The van der Waals surface area contributed by atoms with E-state index in [9.17, 15) is 36.4 Å². The number of nitriles is 1. The van der Waals surface area contributed by atoms with E-state index < -0.39 is 45.9 Å². The van der Waals surface area contributed by atoms with Crippen LogP contribution in [0.2, 0.25) is 0 Å². The van der Waals surface area contributed by atoms with Crippen molar-refractivity contribution in [3.8, 4) is 6.07 Å². The minimum atomic E-state index is -4.88. The maximum Gasteiger partial charge on any atom is 0.417 e. The number of anilines is 4. The van der Waals surface area contributed by atoms with Gasteiger partial charge in [0.2, 0.25) is 0 Å². The van der Waals surface area contributed by atoms with E-state index in [1.165, 1.54) is 23.1 Å². The van der Waals surface area contributed by atoms with Crippen LogP contribution in [0.1, 0.15) is 56.7 Å². The van der Waals surface area contributed by atoms with E-state index in [2.05, 4.69) is 20.1 Å². The summed E-state index contributed by atoms with van der Waals surface area (Å²) in [6.45, 7) is 14.7. The number of thiocarbonyl (C=S) groups is 2. The number of nitrogens with zero attached hydrogens (tertiary/aromatic N) is 7. The lowest BCUT2D eigenvalue weighted by Gasteiger charge is -2.45. The van der Waals surface area contributed by atoms with Crippen molar-refractivity contribution in [2.75, 3.05) is 46.2 Å². The van der Waals surface area contributed by atoms with Gasteiger partial charge < -0.3 is 24.8 Å². The second kappa shape index (κ2) is 14.9. The summed E-state index contributed by atoms with van der Waals surface area (Å²) in [4.78, 5) is 27.2. The Morgan fingerprint density at radius 3 is 2.05 bits per heavy atom. The molecular formula is C38H34F6N8O2S2. The zero-order chi connectivity index (χ0) is 40.8. The summed E-state index contributed by atoms with van der Waals surface area (Å²) in [5, 5.41) is 11.7. The van der Waals surface area contributed by atoms with Crippen molar-refractivity contribution >= 4 is 75.0 Å². The smallest absolute Gasteiger partial charge is 0.417 e. The van der Waals surface area contributed by atoms with Gasteiger partial charge in [0.15, 0.2) is 15.9 Å². The number of aliphatic imine (C=N–C) groups is 1. The standard InChI is InChI=1S/C38H34F6N8O2S2/c1-35(2,3)54-34(53)50-18-16-49(17-19-50)25-8-10-26(11-9-25)52-33(56)51(27-12-13-30(46-4)29(21-27)38(42,43)44)31(36(52)14-5-15-36)48-32(55)47-24-7-6-23(22-45)28(20-24)37(39,40)41/h6-13,20-21H,5,14-19H2,1-3H3,(H,47,55)/b48-31+. The highest BCUT2D eigenvalue weighted by Crippen LogP contribution is 2.50. The van der Waals surface area contributed by atoms with E-state index in [4.69, 9.17) is 35.7 Å². The highest BCUT2D eigenvalue weighted by atomic mass is 32.1. The number of nitrogens with one attached hydrogen (secondary N) is 1. The zero-order valence-corrected chi connectivity index (χ0v) is 31.9. The van der Waals surface area contributed by atoms with Gasteiger partial charge in [-0.05, 0) is 119 Å². The quantitative estimate of drug-likeness (QED) is 0.157. The van der Waals surface area contributed by atoms with Gasteiger partial charge in [-0.3, -0.25) is 4.90 Å². The Balaban J connectivity index is 1.35. The Kier molecular flexibility index (Phi) is 10.7. The van der Waals surface area contributed by atoms with E-state index >= 15 is 0 Å². The fourth-order valence-corrected chi connectivity index (χ4v) is 7.54. The second-order valence-electron chi connectivity index (χ2n) is 14.4. The monoisotopic (exact) mass is 812 g/mol. The molecule has 0 aromatic heterocycles. The lowest BCUT2D eigenvalue weighted by atomic mass is 9.74. The molecule has 2 aliphatic heterocycles. The van der Waals surface area contributed by atoms with Crippen LogP contribution in [0.15, 0.2) is 65.7 Å². The van der Waals surface area contributed by atoms with Crippen molar-refractivity contribution in [1.82, 2.24) is 4.90 Å². The van der Waals surface area contributed by atoms with Crippen LogP contribution in [0, 0.1) is 17.9 Å². The van der Waals surface area contributed by atoms with Crippen molar-refractivity contribution in [2.24, 2.45) is 4.99 Å². The van der Waals surface area contributed by atoms with Gasteiger partial charge in [-0.2, -0.15) is 31.6 Å². The number of amidine groups is 1. The van der Waals surface area contributed by atoms with Gasteiger partial charge in [0, 0.05) is 48.9 Å². The molecule has 3 aromatic carbocycles. The molecule has 1 saturated carbocycles. The number of halogens is 6. The molecule has 2 saturated heterocycles. The van der Waals surface area contributed by atoms with Gasteiger partial charge in [-0.25, -0.2) is 14.6 Å². The number of piperazine rings is 1. The maximum absolute atomic E-state index is 14.2. The number of alkyl halides is 6. The fraction of sp³-hybridized carbons (Fsp3) is 0.368. The van der Waals surface area contributed by atoms with Crippen LogP contribution in [0.25, 0.3) is 4.85 Å². The fourth-order valence-electron chi connectivity index (χ4n) is 6.86. The van der Waals surface area contributed by atoms with Crippen LogP contribution >= 0.6 is 24.4 Å². The van der Waals surface area contributed by atoms with E-state index in [-0.39, 0.29) is 33.5 Å². The Morgan fingerprint density at radius 2 is 1.52 bits per heavy atom. The molecule has 1 N–H and O–H groups in total. The predicted molar refractivity (Wildman–Crippen MR) is 208 cm³/mol. The largest absolute Gasteiger partial charge is 0.444 e. The molecule has 0 unspecified atom stereocenters. The summed E-state index contributed by atoms with van der Waals surface area (Å²) in [5.74, 6) is 0.155. The molecule has 0 atom stereocenters. The number of ether oxygens (including phenoxy) is 1. The van der Waals surface area contributed by atoms with Crippen LogP contribution in [0.4, 0.5) is 59.6 Å². The van der Waals surface area contributed by atoms with Crippen molar-refractivity contribution < 1.29 is 35.9 Å². The normalized spacial score (nSPS) is 17.8. The van der Waals surface area contributed by atoms with Gasteiger partial charge in [0.05, 0.1) is 29.3 Å². The second-order valence-corrected chi connectivity index (χ2v) is 15.1. The Morgan fingerprint density at radius 1 is 0.911 bits per heavy atom. The van der Waals surface area contributed by atoms with Crippen molar-refractivity contribution in [3.63, 3.8) is 0 Å². The van der Waals surface area contributed by atoms with Gasteiger partial charge >= 0.3 is 18.4 Å².